The van der Waals surface area contributed by atoms with Crippen LogP contribution in [-0.4, -0.2) is 34.7 Å². The van der Waals surface area contributed by atoms with E-state index < -0.39 is 12.1 Å². The fraction of sp³-hybridized carbons (Fsp3) is 0.818. The first-order chi connectivity index (χ1) is 7.52. The monoisotopic (exact) mass is 229 g/mol. The molecule has 3 N–H and O–H groups in total. The van der Waals surface area contributed by atoms with E-state index in [4.69, 9.17) is 10.2 Å². The maximum Gasteiger partial charge on any atom is 0.334 e. The van der Waals surface area contributed by atoms with Gasteiger partial charge in [0.25, 0.3) is 0 Å². The van der Waals surface area contributed by atoms with Gasteiger partial charge in [0.15, 0.2) is 6.10 Å². The SMILES string of the molecule is CCC1(C(=O)NCC(O)C(=O)O)CCCC1. The highest BCUT2D eigenvalue weighted by Gasteiger charge is 2.39. The number of carboxylic acid groups (broad SMARTS) is 1. The summed E-state index contributed by atoms with van der Waals surface area (Å²) in [5.74, 6) is -1.43. The minimum atomic E-state index is -1.51. The Hall–Kier alpha value is -1.10. The number of carbonyl (C=O) groups excluding carboxylic acids is 1. The fourth-order valence-corrected chi connectivity index (χ4v) is 2.26. The molecule has 1 fully saturated rings. The zero-order chi connectivity index (χ0) is 12.2. The van der Waals surface area contributed by atoms with Crippen LogP contribution in [0.5, 0.6) is 0 Å². The van der Waals surface area contributed by atoms with Gasteiger partial charge in [-0.2, -0.15) is 0 Å². The average Bonchev–Trinajstić information content (AvgIpc) is 2.74. The molecule has 0 aliphatic heterocycles. The third-order valence-electron chi connectivity index (χ3n) is 3.46. The van der Waals surface area contributed by atoms with E-state index >= 15 is 0 Å². The van der Waals surface area contributed by atoms with Crippen LogP contribution in [0.25, 0.3) is 0 Å². The van der Waals surface area contributed by atoms with Gasteiger partial charge in [0.2, 0.25) is 5.91 Å². The molecular formula is C11H19NO4. The number of carbonyl (C=O) groups is 2. The van der Waals surface area contributed by atoms with E-state index in [1.165, 1.54) is 0 Å². The van der Waals surface area contributed by atoms with Crippen LogP contribution in [0.15, 0.2) is 0 Å². The molecule has 1 atom stereocenters. The number of aliphatic hydroxyl groups excluding tert-OH is 1. The standard InChI is InChI=1S/C11H19NO4/c1-2-11(5-3-4-6-11)10(16)12-7-8(13)9(14)15/h8,13H,2-7H2,1H3,(H,12,16)(H,14,15). The van der Waals surface area contributed by atoms with Crippen molar-refractivity contribution in [3.05, 3.63) is 0 Å². The number of hydrogen-bond acceptors (Lipinski definition) is 3. The molecule has 0 bridgehead atoms. The third-order valence-corrected chi connectivity index (χ3v) is 3.46. The molecule has 5 heteroatoms. The van der Waals surface area contributed by atoms with Gasteiger partial charge in [-0.25, -0.2) is 4.79 Å². The van der Waals surface area contributed by atoms with Gasteiger partial charge < -0.3 is 15.5 Å². The molecule has 0 aromatic carbocycles. The molecule has 1 rings (SSSR count). The molecule has 0 saturated heterocycles. The predicted molar refractivity (Wildman–Crippen MR) is 57.8 cm³/mol. The van der Waals surface area contributed by atoms with Crippen molar-refractivity contribution in [2.24, 2.45) is 5.41 Å². The Kier molecular flexibility index (Phi) is 4.29. The lowest BCUT2D eigenvalue weighted by atomic mass is 9.82. The fourth-order valence-electron chi connectivity index (χ4n) is 2.26. The van der Waals surface area contributed by atoms with Gasteiger partial charge in [0, 0.05) is 5.41 Å². The van der Waals surface area contributed by atoms with E-state index in [0.29, 0.717) is 0 Å². The molecule has 1 aliphatic carbocycles. The van der Waals surface area contributed by atoms with E-state index in [2.05, 4.69) is 5.32 Å². The number of hydrogen-bond donors (Lipinski definition) is 3. The molecule has 0 heterocycles. The van der Waals surface area contributed by atoms with Crippen molar-refractivity contribution in [2.75, 3.05) is 6.54 Å². The summed E-state index contributed by atoms with van der Waals surface area (Å²) >= 11 is 0. The van der Waals surface area contributed by atoms with Crippen LogP contribution in [0.1, 0.15) is 39.0 Å². The molecule has 0 aromatic rings. The molecule has 1 unspecified atom stereocenters. The number of carboxylic acids is 1. The molecule has 92 valence electrons. The van der Waals surface area contributed by atoms with Crippen molar-refractivity contribution < 1.29 is 19.8 Å². The topological polar surface area (TPSA) is 86.6 Å². The third kappa shape index (κ3) is 2.72. The second-order valence-electron chi connectivity index (χ2n) is 4.41. The highest BCUT2D eigenvalue weighted by Crippen LogP contribution is 2.40. The molecule has 16 heavy (non-hydrogen) atoms. The summed E-state index contributed by atoms with van der Waals surface area (Å²) in [5, 5.41) is 20.1. The minimum Gasteiger partial charge on any atom is -0.479 e. The molecule has 0 radical (unpaired) electrons. The number of rotatable bonds is 5. The zero-order valence-corrected chi connectivity index (χ0v) is 9.53. The first-order valence-electron chi connectivity index (χ1n) is 5.71. The lowest BCUT2D eigenvalue weighted by Gasteiger charge is -2.26. The average molecular weight is 229 g/mol. The lowest BCUT2D eigenvalue weighted by molar-refractivity contribution is -0.146. The number of aliphatic hydroxyl groups is 1. The molecule has 1 saturated carbocycles. The van der Waals surface area contributed by atoms with Crippen molar-refractivity contribution in [3.8, 4) is 0 Å². The van der Waals surface area contributed by atoms with E-state index in [1.54, 1.807) is 0 Å². The summed E-state index contributed by atoms with van der Waals surface area (Å²) in [5.41, 5.74) is -0.335. The minimum absolute atomic E-state index is 0.118. The lowest BCUT2D eigenvalue weighted by Crippen LogP contribution is -2.43. The number of amides is 1. The maximum absolute atomic E-state index is 11.9. The Morgan fingerprint density at radius 3 is 2.38 bits per heavy atom. The second kappa shape index (κ2) is 5.30. The van der Waals surface area contributed by atoms with Crippen LogP contribution in [0, 0.1) is 5.41 Å². The van der Waals surface area contributed by atoms with Crippen molar-refractivity contribution in [1.82, 2.24) is 5.32 Å². The van der Waals surface area contributed by atoms with Gasteiger partial charge >= 0.3 is 5.97 Å². The van der Waals surface area contributed by atoms with Crippen LogP contribution in [0.3, 0.4) is 0 Å². The van der Waals surface area contributed by atoms with Gasteiger partial charge in [-0.1, -0.05) is 19.8 Å². The number of aliphatic carboxylic acids is 1. The van der Waals surface area contributed by atoms with Crippen LogP contribution < -0.4 is 5.32 Å². The van der Waals surface area contributed by atoms with Gasteiger partial charge in [-0.05, 0) is 19.3 Å². The normalized spacial score (nSPS) is 20.4. The van der Waals surface area contributed by atoms with Crippen molar-refractivity contribution in [2.45, 2.75) is 45.1 Å². The van der Waals surface area contributed by atoms with Crippen LogP contribution in [-0.2, 0) is 9.59 Å². The quantitative estimate of drug-likeness (QED) is 0.641. The molecule has 1 aliphatic rings. The Morgan fingerprint density at radius 2 is 1.94 bits per heavy atom. The van der Waals surface area contributed by atoms with Crippen LogP contribution in [0.4, 0.5) is 0 Å². The van der Waals surface area contributed by atoms with E-state index in [9.17, 15) is 9.59 Å². The van der Waals surface area contributed by atoms with Crippen molar-refractivity contribution in [1.29, 1.82) is 0 Å². The van der Waals surface area contributed by atoms with Crippen LogP contribution >= 0.6 is 0 Å². The molecular weight excluding hydrogens is 210 g/mol. The zero-order valence-electron chi connectivity index (χ0n) is 9.53. The largest absolute Gasteiger partial charge is 0.479 e. The van der Waals surface area contributed by atoms with Crippen molar-refractivity contribution in [3.63, 3.8) is 0 Å². The van der Waals surface area contributed by atoms with E-state index in [-0.39, 0.29) is 17.9 Å². The summed E-state index contributed by atoms with van der Waals surface area (Å²) < 4.78 is 0. The Labute approximate surface area is 94.8 Å². The molecule has 5 nitrogen and oxygen atoms in total. The predicted octanol–water partition coefficient (Wildman–Crippen LogP) is 0.518. The van der Waals surface area contributed by atoms with Gasteiger partial charge in [0.05, 0.1) is 6.54 Å². The first kappa shape index (κ1) is 13.0. The highest BCUT2D eigenvalue weighted by molar-refractivity contribution is 5.83. The summed E-state index contributed by atoms with van der Waals surface area (Å²) in [6, 6.07) is 0. The molecule has 0 spiro atoms. The van der Waals surface area contributed by atoms with Gasteiger partial charge in [0.1, 0.15) is 0 Å². The first-order valence-corrected chi connectivity index (χ1v) is 5.71. The Bertz CT molecular complexity index is 271. The Balaban J connectivity index is 2.48. The van der Waals surface area contributed by atoms with E-state index in [1.807, 2.05) is 6.92 Å². The van der Waals surface area contributed by atoms with E-state index in [0.717, 1.165) is 32.1 Å². The molecule has 0 aromatic heterocycles. The van der Waals surface area contributed by atoms with Crippen molar-refractivity contribution >= 4 is 11.9 Å². The second-order valence-corrected chi connectivity index (χ2v) is 4.41. The Morgan fingerprint density at radius 1 is 1.38 bits per heavy atom. The van der Waals surface area contributed by atoms with Gasteiger partial charge in [-0.15, -0.1) is 0 Å². The summed E-state index contributed by atoms with van der Waals surface area (Å²) in [4.78, 5) is 22.3. The highest BCUT2D eigenvalue weighted by atomic mass is 16.4. The smallest absolute Gasteiger partial charge is 0.334 e. The summed E-state index contributed by atoms with van der Waals surface area (Å²) in [6.45, 7) is 1.76. The summed E-state index contributed by atoms with van der Waals surface area (Å²) in [7, 11) is 0. The maximum atomic E-state index is 11.9. The van der Waals surface area contributed by atoms with Gasteiger partial charge in [-0.3, -0.25) is 4.79 Å². The summed E-state index contributed by atoms with van der Waals surface area (Å²) in [6.07, 6.45) is 3.06. The number of nitrogens with one attached hydrogen (secondary N) is 1. The molecule has 1 amide bonds. The van der Waals surface area contributed by atoms with Crippen LogP contribution in [0.2, 0.25) is 0 Å².